The lowest BCUT2D eigenvalue weighted by atomic mass is 10.3. The van der Waals surface area contributed by atoms with Crippen LogP contribution in [0.4, 0.5) is 0 Å². The largest absolute Gasteiger partial charge is 0.484 e. The number of aromatic nitrogens is 5. The molecular weight excluding hydrogens is 337 g/mol. The van der Waals surface area contributed by atoms with Crippen LogP contribution in [0.3, 0.4) is 0 Å². The number of halogens is 2. The van der Waals surface area contributed by atoms with Crippen LogP contribution in [0.1, 0.15) is 17.2 Å². The maximum Gasteiger partial charge on any atom is 0.252 e. The zero-order chi connectivity index (χ0) is 16.4. The first-order valence-corrected chi connectivity index (χ1v) is 7.58. The Bertz CT molecular complexity index is 829. The Balaban J connectivity index is 1.74. The van der Waals surface area contributed by atoms with E-state index < -0.39 is 0 Å². The van der Waals surface area contributed by atoms with E-state index in [1.807, 2.05) is 19.9 Å². The summed E-state index contributed by atoms with van der Waals surface area (Å²) in [5.41, 5.74) is 1.74. The highest BCUT2D eigenvalue weighted by Crippen LogP contribution is 2.27. The maximum absolute atomic E-state index is 6.06. The van der Waals surface area contributed by atoms with Gasteiger partial charge in [-0.05, 0) is 38.1 Å². The fourth-order valence-corrected chi connectivity index (χ4v) is 2.47. The van der Waals surface area contributed by atoms with E-state index in [1.165, 1.54) is 4.68 Å². The molecule has 0 amide bonds. The lowest BCUT2D eigenvalue weighted by molar-refractivity contribution is 0.296. The van der Waals surface area contributed by atoms with Gasteiger partial charge >= 0.3 is 0 Å². The molecule has 2 aromatic heterocycles. The minimum Gasteiger partial charge on any atom is -0.484 e. The highest BCUT2D eigenvalue weighted by Gasteiger charge is 2.09. The van der Waals surface area contributed by atoms with Crippen molar-refractivity contribution >= 4 is 23.2 Å². The molecule has 0 aliphatic heterocycles. The van der Waals surface area contributed by atoms with Crippen molar-refractivity contribution in [2.24, 2.45) is 0 Å². The Morgan fingerprint density at radius 3 is 2.52 bits per heavy atom. The van der Waals surface area contributed by atoms with Crippen LogP contribution in [0.5, 0.6) is 5.75 Å². The lowest BCUT2D eigenvalue weighted by Gasteiger charge is -2.06. The molecule has 3 aromatic rings. The molecule has 0 fully saturated rings. The maximum atomic E-state index is 6.06. The van der Waals surface area contributed by atoms with Gasteiger partial charge in [0.2, 0.25) is 0 Å². The van der Waals surface area contributed by atoms with Crippen LogP contribution in [-0.4, -0.2) is 24.7 Å². The molecule has 3 rings (SSSR count). The Hall–Kier alpha value is -2.18. The molecule has 0 saturated heterocycles. The van der Waals surface area contributed by atoms with Gasteiger partial charge in [0.05, 0.1) is 5.02 Å². The molecular formula is C15H13Cl2N5O. The zero-order valence-electron chi connectivity index (χ0n) is 12.5. The first-order chi connectivity index (χ1) is 11.0. The van der Waals surface area contributed by atoms with Crippen LogP contribution in [-0.2, 0) is 6.61 Å². The van der Waals surface area contributed by atoms with Gasteiger partial charge in [0.1, 0.15) is 18.7 Å². The van der Waals surface area contributed by atoms with Gasteiger partial charge in [-0.3, -0.25) is 0 Å². The van der Waals surface area contributed by atoms with Gasteiger partial charge in [0.25, 0.3) is 5.95 Å². The summed E-state index contributed by atoms with van der Waals surface area (Å²) in [6.07, 6.45) is 1.55. The predicted molar refractivity (Wildman–Crippen MR) is 87.2 cm³/mol. The summed E-state index contributed by atoms with van der Waals surface area (Å²) >= 11 is 11.9. The van der Waals surface area contributed by atoms with Crippen molar-refractivity contribution < 1.29 is 4.74 Å². The van der Waals surface area contributed by atoms with Crippen molar-refractivity contribution in [3.63, 3.8) is 0 Å². The van der Waals surface area contributed by atoms with Crippen molar-refractivity contribution in [3.8, 4) is 11.7 Å². The number of hydrogen-bond acceptors (Lipinski definition) is 5. The van der Waals surface area contributed by atoms with E-state index in [4.69, 9.17) is 27.9 Å². The van der Waals surface area contributed by atoms with E-state index in [2.05, 4.69) is 20.1 Å². The first kappa shape index (κ1) is 15.7. The Labute approximate surface area is 143 Å². The first-order valence-electron chi connectivity index (χ1n) is 6.82. The minimum atomic E-state index is 0.180. The van der Waals surface area contributed by atoms with Gasteiger partial charge in [-0.25, -0.2) is 15.0 Å². The van der Waals surface area contributed by atoms with E-state index >= 15 is 0 Å². The number of benzene rings is 1. The third kappa shape index (κ3) is 3.78. The summed E-state index contributed by atoms with van der Waals surface area (Å²) < 4.78 is 7.12. The van der Waals surface area contributed by atoms with Crippen LogP contribution in [0, 0.1) is 13.8 Å². The molecule has 0 N–H and O–H groups in total. The van der Waals surface area contributed by atoms with Crippen molar-refractivity contribution in [3.05, 3.63) is 57.9 Å². The quantitative estimate of drug-likeness (QED) is 0.720. The van der Waals surface area contributed by atoms with Crippen molar-refractivity contribution in [1.29, 1.82) is 0 Å². The predicted octanol–water partition coefficient (Wildman–Crippen LogP) is 3.56. The van der Waals surface area contributed by atoms with E-state index in [-0.39, 0.29) is 6.61 Å². The number of ether oxygens (including phenoxy) is 1. The molecule has 6 nitrogen and oxygen atoms in total. The Morgan fingerprint density at radius 2 is 1.83 bits per heavy atom. The molecule has 0 unspecified atom stereocenters. The molecule has 118 valence electrons. The van der Waals surface area contributed by atoms with Gasteiger partial charge < -0.3 is 4.74 Å². The molecule has 0 spiro atoms. The summed E-state index contributed by atoms with van der Waals surface area (Å²) in [6, 6.07) is 6.92. The standard InChI is InChI=1S/C15H13Cl2N5O/c1-9-5-10(2)20-15(19-9)22-8-18-14(21-22)7-23-13-4-3-11(16)6-12(13)17/h3-6,8H,7H2,1-2H3. The van der Waals surface area contributed by atoms with E-state index in [0.717, 1.165) is 11.4 Å². The Kier molecular flexibility index (Phi) is 4.45. The third-order valence-corrected chi connectivity index (χ3v) is 3.50. The number of rotatable bonds is 4. The number of aryl methyl sites for hydroxylation is 2. The molecule has 0 aliphatic rings. The van der Waals surface area contributed by atoms with Gasteiger partial charge in [0.15, 0.2) is 5.82 Å². The fourth-order valence-electron chi connectivity index (χ4n) is 2.00. The molecule has 0 aliphatic carbocycles. The highest BCUT2D eigenvalue weighted by atomic mass is 35.5. The molecule has 0 saturated carbocycles. The normalized spacial score (nSPS) is 10.8. The Morgan fingerprint density at radius 1 is 1.09 bits per heavy atom. The smallest absolute Gasteiger partial charge is 0.252 e. The van der Waals surface area contributed by atoms with Crippen LogP contribution in [0.2, 0.25) is 10.0 Å². The number of hydrogen-bond donors (Lipinski definition) is 0. The monoisotopic (exact) mass is 349 g/mol. The molecule has 2 heterocycles. The van der Waals surface area contributed by atoms with Gasteiger partial charge in [-0.15, -0.1) is 5.10 Å². The zero-order valence-corrected chi connectivity index (χ0v) is 14.0. The SMILES string of the molecule is Cc1cc(C)nc(-n2cnc(COc3ccc(Cl)cc3Cl)n2)n1. The lowest BCUT2D eigenvalue weighted by Crippen LogP contribution is -2.05. The topological polar surface area (TPSA) is 65.7 Å². The summed E-state index contributed by atoms with van der Waals surface area (Å²) in [6.45, 7) is 3.99. The van der Waals surface area contributed by atoms with Crippen LogP contribution >= 0.6 is 23.2 Å². The van der Waals surface area contributed by atoms with Crippen LogP contribution in [0.25, 0.3) is 5.95 Å². The van der Waals surface area contributed by atoms with E-state index in [9.17, 15) is 0 Å². The minimum absolute atomic E-state index is 0.180. The average molecular weight is 350 g/mol. The van der Waals surface area contributed by atoms with Crippen molar-refractivity contribution in [1.82, 2.24) is 24.7 Å². The molecule has 0 radical (unpaired) electrons. The second kappa shape index (κ2) is 6.52. The van der Waals surface area contributed by atoms with Gasteiger partial charge in [-0.2, -0.15) is 4.68 Å². The van der Waals surface area contributed by atoms with Crippen molar-refractivity contribution in [2.45, 2.75) is 20.5 Å². The summed E-state index contributed by atoms with van der Waals surface area (Å²) in [7, 11) is 0. The molecule has 0 atom stereocenters. The highest BCUT2D eigenvalue weighted by molar-refractivity contribution is 6.35. The van der Waals surface area contributed by atoms with E-state index in [0.29, 0.717) is 27.6 Å². The molecule has 23 heavy (non-hydrogen) atoms. The number of nitrogens with zero attached hydrogens (tertiary/aromatic N) is 5. The van der Waals surface area contributed by atoms with Crippen molar-refractivity contribution in [2.75, 3.05) is 0 Å². The summed E-state index contributed by atoms with van der Waals surface area (Å²) in [5, 5.41) is 5.30. The van der Waals surface area contributed by atoms with Gasteiger partial charge in [-0.1, -0.05) is 23.2 Å². The van der Waals surface area contributed by atoms with Crippen LogP contribution < -0.4 is 4.74 Å². The molecule has 0 bridgehead atoms. The average Bonchev–Trinajstić information content (AvgIpc) is 2.94. The second-order valence-electron chi connectivity index (χ2n) is 4.92. The van der Waals surface area contributed by atoms with Gasteiger partial charge in [0, 0.05) is 16.4 Å². The fraction of sp³-hybridized carbons (Fsp3) is 0.200. The second-order valence-corrected chi connectivity index (χ2v) is 5.76. The summed E-state index contributed by atoms with van der Waals surface area (Å²) in [4.78, 5) is 12.9. The third-order valence-electron chi connectivity index (χ3n) is 2.97. The summed E-state index contributed by atoms with van der Waals surface area (Å²) in [5.74, 6) is 1.50. The van der Waals surface area contributed by atoms with Crippen LogP contribution in [0.15, 0.2) is 30.6 Å². The molecule has 8 heteroatoms. The van der Waals surface area contributed by atoms with E-state index in [1.54, 1.807) is 24.5 Å². The molecule has 1 aromatic carbocycles.